The first-order valence-electron chi connectivity index (χ1n) is 6.55. The Labute approximate surface area is 128 Å². The van der Waals surface area contributed by atoms with Gasteiger partial charge in [-0.15, -0.1) is 24.8 Å². The van der Waals surface area contributed by atoms with Crippen molar-refractivity contribution in [3.05, 3.63) is 29.8 Å². The molecule has 110 valence electrons. The summed E-state index contributed by atoms with van der Waals surface area (Å²) in [5, 5.41) is 12.7. The molecule has 5 heteroatoms. The summed E-state index contributed by atoms with van der Waals surface area (Å²) < 4.78 is 0. The van der Waals surface area contributed by atoms with E-state index in [1.807, 2.05) is 0 Å². The van der Waals surface area contributed by atoms with Crippen molar-refractivity contribution in [2.45, 2.75) is 25.8 Å². The highest BCUT2D eigenvalue weighted by molar-refractivity contribution is 5.85. The van der Waals surface area contributed by atoms with E-state index in [4.69, 9.17) is 0 Å². The highest BCUT2D eigenvalue weighted by atomic mass is 35.5. The number of hydrogen-bond acceptors (Lipinski definition) is 3. The van der Waals surface area contributed by atoms with Crippen LogP contribution in [0.3, 0.4) is 0 Å². The summed E-state index contributed by atoms with van der Waals surface area (Å²) in [5.74, 6) is 0.351. The van der Waals surface area contributed by atoms with Crippen molar-refractivity contribution in [2.75, 3.05) is 26.2 Å². The van der Waals surface area contributed by atoms with Crippen molar-refractivity contribution in [1.29, 1.82) is 0 Å². The Morgan fingerprint density at radius 3 is 2.26 bits per heavy atom. The van der Waals surface area contributed by atoms with Crippen molar-refractivity contribution in [3.8, 4) is 5.75 Å². The highest BCUT2D eigenvalue weighted by Crippen LogP contribution is 2.27. The molecule has 1 aliphatic heterocycles. The molecule has 1 aromatic carbocycles. The molecule has 0 spiro atoms. The van der Waals surface area contributed by atoms with Crippen molar-refractivity contribution in [3.63, 3.8) is 0 Å². The summed E-state index contributed by atoms with van der Waals surface area (Å²) in [6, 6.07) is 8.19. The zero-order chi connectivity index (χ0) is 12.1. The Hall–Kier alpha value is -0.480. The smallest absolute Gasteiger partial charge is 0.115 e. The van der Waals surface area contributed by atoms with Gasteiger partial charge in [0.05, 0.1) is 0 Å². The molecular weight excluding hydrogens is 283 g/mol. The number of nitrogens with one attached hydrogen (secondary N) is 1. The van der Waals surface area contributed by atoms with Gasteiger partial charge in [-0.3, -0.25) is 4.90 Å². The van der Waals surface area contributed by atoms with E-state index in [9.17, 15) is 5.11 Å². The molecule has 1 aromatic rings. The Morgan fingerprint density at radius 1 is 1.16 bits per heavy atom. The molecular formula is C14H24Cl2N2O. The van der Waals surface area contributed by atoms with Crippen LogP contribution in [0.5, 0.6) is 5.75 Å². The van der Waals surface area contributed by atoms with Gasteiger partial charge in [0.15, 0.2) is 0 Å². The topological polar surface area (TPSA) is 35.5 Å². The van der Waals surface area contributed by atoms with Crippen molar-refractivity contribution in [2.24, 2.45) is 0 Å². The minimum Gasteiger partial charge on any atom is -0.508 e. The molecule has 0 aromatic heterocycles. The van der Waals surface area contributed by atoms with Crippen molar-refractivity contribution >= 4 is 24.8 Å². The summed E-state index contributed by atoms with van der Waals surface area (Å²) in [4.78, 5) is 2.55. The molecule has 2 N–H and O–H groups in total. The lowest BCUT2D eigenvalue weighted by atomic mass is 10.00. The van der Waals surface area contributed by atoms with Crippen LogP contribution < -0.4 is 5.32 Å². The molecule has 19 heavy (non-hydrogen) atoms. The van der Waals surface area contributed by atoms with E-state index in [0.29, 0.717) is 11.8 Å². The summed E-state index contributed by atoms with van der Waals surface area (Å²) in [6.45, 7) is 6.63. The minimum absolute atomic E-state index is 0. The van der Waals surface area contributed by atoms with Crippen LogP contribution in [0.25, 0.3) is 0 Å². The highest BCUT2D eigenvalue weighted by Gasteiger charge is 2.21. The summed E-state index contributed by atoms with van der Waals surface area (Å²) >= 11 is 0. The zero-order valence-electron chi connectivity index (χ0n) is 11.3. The number of piperazine rings is 1. The normalized spacial score (nSPS) is 17.1. The first-order chi connectivity index (χ1) is 8.31. The lowest BCUT2D eigenvalue weighted by Gasteiger charge is -2.35. The molecule has 1 fully saturated rings. The van der Waals surface area contributed by atoms with E-state index in [1.165, 1.54) is 18.4 Å². The van der Waals surface area contributed by atoms with Crippen LogP contribution >= 0.6 is 24.8 Å². The maximum absolute atomic E-state index is 9.36. The van der Waals surface area contributed by atoms with Crippen molar-refractivity contribution < 1.29 is 5.11 Å². The number of halogens is 2. The monoisotopic (exact) mass is 306 g/mol. The van der Waals surface area contributed by atoms with Crippen LogP contribution in [-0.4, -0.2) is 36.2 Å². The minimum atomic E-state index is 0. The van der Waals surface area contributed by atoms with Gasteiger partial charge >= 0.3 is 0 Å². The molecule has 3 nitrogen and oxygen atoms in total. The van der Waals surface area contributed by atoms with Gasteiger partial charge in [0.2, 0.25) is 0 Å². The first-order valence-corrected chi connectivity index (χ1v) is 6.55. The fourth-order valence-electron chi connectivity index (χ4n) is 2.52. The number of aromatic hydroxyl groups is 1. The number of phenolic OH excluding ortho intramolecular Hbond substituents is 1. The van der Waals surface area contributed by atoms with Gasteiger partial charge in [0.1, 0.15) is 5.75 Å². The second-order valence-corrected chi connectivity index (χ2v) is 4.68. The van der Waals surface area contributed by atoms with Crippen LogP contribution in [0.1, 0.15) is 31.4 Å². The molecule has 0 amide bonds. The number of hydrogen-bond donors (Lipinski definition) is 2. The molecule has 0 aliphatic carbocycles. The van der Waals surface area contributed by atoms with Gasteiger partial charge in [0.25, 0.3) is 0 Å². The molecule has 1 atom stereocenters. The predicted molar refractivity (Wildman–Crippen MR) is 84.7 cm³/mol. The molecule has 0 bridgehead atoms. The Kier molecular flexibility index (Phi) is 9.19. The summed E-state index contributed by atoms with van der Waals surface area (Å²) in [5.41, 5.74) is 1.33. The van der Waals surface area contributed by atoms with Gasteiger partial charge in [-0.05, 0) is 24.1 Å². The third kappa shape index (κ3) is 5.19. The third-order valence-corrected chi connectivity index (χ3v) is 3.43. The number of rotatable bonds is 4. The quantitative estimate of drug-likeness (QED) is 0.897. The van der Waals surface area contributed by atoms with E-state index in [1.54, 1.807) is 12.1 Å². The van der Waals surface area contributed by atoms with Crippen LogP contribution in [0.4, 0.5) is 0 Å². The molecule has 0 radical (unpaired) electrons. The number of nitrogens with zero attached hydrogens (tertiary/aromatic N) is 1. The van der Waals surface area contributed by atoms with E-state index in [0.717, 1.165) is 26.2 Å². The van der Waals surface area contributed by atoms with E-state index in [-0.39, 0.29) is 24.8 Å². The first kappa shape index (κ1) is 18.5. The molecule has 0 unspecified atom stereocenters. The summed E-state index contributed by atoms with van der Waals surface area (Å²) in [7, 11) is 0. The second kappa shape index (κ2) is 9.43. The lowest BCUT2D eigenvalue weighted by Crippen LogP contribution is -2.45. The van der Waals surface area contributed by atoms with Crippen LogP contribution in [-0.2, 0) is 0 Å². The van der Waals surface area contributed by atoms with Crippen LogP contribution in [0.15, 0.2) is 24.3 Å². The third-order valence-electron chi connectivity index (χ3n) is 3.43. The van der Waals surface area contributed by atoms with Gasteiger partial charge in [-0.25, -0.2) is 0 Å². The Bertz CT molecular complexity index is 340. The van der Waals surface area contributed by atoms with Gasteiger partial charge in [-0.2, -0.15) is 0 Å². The zero-order valence-corrected chi connectivity index (χ0v) is 13.0. The predicted octanol–water partition coefficient (Wildman–Crippen LogP) is 2.98. The largest absolute Gasteiger partial charge is 0.508 e. The molecule has 0 saturated carbocycles. The van der Waals surface area contributed by atoms with E-state index >= 15 is 0 Å². The van der Waals surface area contributed by atoms with Crippen LogP contribution in [0, 0.1) is 0 Å². The maximum atomic E-state index is 9.36. The molecule has 2 rings (SSSR count). The number of phenols is 1. The molecule has 1 heterocycles. The average Bonchev–Trinajstić information content (AvgIpc) is 2.38. The molecule has 1 saturated heterocycles. The fraction of sp³-hybridized carbons (Fsp3) is 0.571. The molecule has 1 aliphatic rings. The Balaban J connectivity index is 0.00000162. The van der Waals surface area contributed by atoms with E-state index < -0.39 is 0 Å². The standard InChI is InChI=1S/C14H22N2O.2ClH/c1-2-3-14(16-10-8-15-9-11-16)12-4-6-13(17)7-5-12;;/h4-7,14-15,17H,2-3,8-11H2,1H3;2*1H/t14-;;/m1../s1. The SMILES string of the molecule is CCC[C@H](c1ccc(O)cc1)N1CCNCC1.Cl.Cl. The van der Waals surface area contributed by atoms with Crippen LogP contribution in [0.2, 0.25) is 0 Å². The maximum Gasteiger partial charge on any atom is 0.115 e. The fourth-order valence-corrected chi connectivity index (χ4v) is 2.52. The average molecular weight is 307 g/mol. The van der Waals surface area contributed by atoms with Gasteiger partial charge in [0, 0.05) is 32.2 Å². The summed E-state index contributed by atoms with van der Waals surface area (Å²) in [6.07, 6.45) is 2.38. The second-order valence-electron chi connectivity index (χ2n) is 4.68. The lowest BCUT2D eigenvalue weighted by molar-refractivity contribution is 0.164. The Morgan fingerprint density at radius 2 is 1.74 bits per heavy atom. The van der Waals surface area contributed by atoms with Gasteiger partial charge < -0.3 is 10.4 Å². The number of benzene rings is 1. The van der Waals surface area contributed by atoms with E-state index in [2.05, 4.69) is 29.3 Å². The van der Waals surface area contributed by atoms with Crippen molar-refractivity contribution in [1.82, 2.24) is 10.2 Å². The van der Waals surface area contributed by atoms with Gasteiger partial charge in [-0.1, -0.05) is 25.5 Å².